The van der Waals surface area contributed by atoms with Crippen LogP contribution >= 0.6 is 11.8 Å². The highest BCUT2D eigenvalue weighted by atomic mass is 32.2. The van der Waals surface area contributed by atoms with Gasteiger partial charge in [-0.3, -0.25) is 14.9 Å². The summed E-state index contributed by atoms with van der Waals surface area (Å²) in [5.41, 5.74) is 0.780. The van der Waals surface area contributed by atoms with E-state index in [1.54, 1.807) is 18.2 Å². The molecule has 80 valence electrons. The summed E-state index contributed by atoms with van der Waals surface area (Å²) >= 11 is 1.39. The number of carbonyl (C=O) groups excluding carboxylic acids is 1. The lowest BCUT2D eigenvalue weighted by molar-refractivity contribution is -0.385. The quantitative estimate of drug-likeness (QED) is 0.570. The topological polar surface area (TPSA) is 60.2 Å². The van der Waals surface area contributed by atoms with E-state index in [1.807, 2.05) is 0 Å². The molecule has 0 aliphatic rings. The maximum Gasteiger partial charge on any atom is 0.273 e. The average molecular weight is 225 g/mol. The maximum atomic E-state index is 10.7. The molecule has 0 radical (unpaired) electrons. The van der Waals surface area contributed by atoms with Gasteiger partial charge in [0.15, 0.2) is 0 Å². The van der Waals surface area contributed by atoms with E-state index in [-0.39, 0.29) is 11.5 Å². The zero-order valence-electron chi connectivity index (χ0n) is 8.30. The molecule has 0 saturated carbocycles. The molecule has 0 aromatic heterocycles. The Morgan fingerprint density at radius 1 is 1.47 bits per heavy atom. The van der Waals surface area contributed by atoms with Gasteiger partial charge in [-0.25, -0.2) is 0 Å². The van der Waals surface area contributed by atoms with Gasteiger partial charge in [0.2, 0.25) is 0 Å². The summed E-state index contributed by atoms with van der Waals surface area (Å²) in [7, 11) is 0. The zero-order chi connectivity index (χ0) is 11.3. The smallest absolute Gasteiger partial charge is 0.273 e. The number of Topliss-reactive ketones (excluding diaryl/α,β-unsaturated/α-hetero) is 1. The van der Waals surface area contributed by atoms with E-state index in [9.17, 15) is 14.9 Å². The number of ketones is 1. The molecule has 0 unspecified atom stereocenters. The van der Waals surface area contributed by atoms with Gasteiger partial charge < -0.3 is 0 Å². The number of nitro benzene ring substituents is 1. The Labute approximate surface area is 91.8 Å². The zero-order valence-corrected chi connectivity index (χ0v) is 9.12. The van der Waals surface area contributed by atoms with Crippen molar-refractivity contribution in [1.82, 2.24) is 0 Å². The molecule has 1 aromatic carbocycles. The Morgan fingerprint density at radius 3 is 2.73 bits per heavy atom. The summed E-state index contributed by atoms with van der Waals surface area (Å²) in [6, 6.07) is 6.59. The van der Waals surface area contributed by atoms with E-state index in [2.05, 4.69) is 0 Å². The van der Waals surface area contributed by atoms with Crippen molar-refractivity contribution in [3.8, 4) is 0 Å². The first-order chi connectivity index (χ1) is 7.11. The van der Waals surface area contributed by atoms with Gasteiger partial charge in [0.05, 0.1) is 10.7 Å². The van der Waals surface area contributed by atoms with Gasteiger partial charge in [-0.15, -0.1) is 11.8 Å². The number of benzene rings is 1. The van der Waals surface area contributed by atoms with Crippen LogP contribution in [0.1, 0.15) is 12.5 Å². The summed E-state index contributed by atoms with van der Waals surface area (Å²) in [4.78, 5) is 20.9. The second-order valence-corrected chi connectivity index (χ2v) is 4.07. The fourth-order valence-corrected chi connectivity index (χ4v) is 1.97. The fourth-order valence-electron chi connectivity index (χ4n) is 1.12. The molecule has 0 N–H and O–H groups in total. The summed E-state index contributed by atoms with van der Waals surface area (Å²) in [5, 5.41) is 10.6. The highest BCUT2D eigenvalue weighted by Crippen LogP contribution is 2.22. The first kappa shape index (κ1) is 11.7. The monoisotopic (exact) mass is 225 g/mol. The number of hydrogen-bond donors (Lipinski definition) is 0. The van der Waals surface area contributed by atoms with Crippen LogP contribution in [0, 0.1) is 10.1 Å². The predicted octanol–water partition coefficient (Wildman–Crippen LogP) is 2.42. The van der Waals surface area contributed by atoms with Gasteiger partial charge in [0.1, 0.15) is 5.78 Å². The number of thioether (sulfide) groups is 1. The second-order valence-electron chi connectivity index (χ2n) is 3.08. The first-order valence-electron chi connectivity index (χ1n) is 4.40. The van der Waals surface area contributed by atoms with Crippen molar-refractivity contribution in [2.75, 3.05) is 5.75 Å². The minimum absolute atomic E-state index is 0.0820. The number of nitro groups is 1. The number of carbonyl (C=O) groups is 1. The normalized spacial score (nSPS) is 9.93. The largest absolute Gasteiger partial charge is 0.299 e. The lowest BCUT2D eigenvalue weighted by Crippen LogP contribution is -1.97. The van der Waals surface area contributed by atoms with E-state index >= 15 is 0 Å². The van der Waals surface area contributed by atoms with Crippen LogP contribution in [0.15, 0.2) is 24.3 Å². The van der Waals surface area contributed by atoms with Gasteiger partial charge in [0.25, 0.3) is 5.69 Å². The second kappa shape index (κ2) is 5.50. The van der Waals surface area contributed by atoms with Crippen LogP contribution in [0.2, 0.25) is 0 Å². The summed E-state index contributed by atoms with van der Waals surface area (Å²) in [5.74, 6) is 0.974. The highest BCUT2D eigenvalue weighted by Gasteiger charge is 2.11. The molecule has 0 amide bonds. The summed E-state index contributed by atoms with van der Waals surface area (Å²) in [6.45, 7) is 1.51. The van der Waals surface area contributed by atoms with Crippen molar-refractivity contribution in [2.45, 2.75) is 12.7 Å². The molecule has 0 fully saturated rings. The first-order valence-corrected chi connectivity index (χ1v) is 5.56. The molecular weight excluding hydrogens is 214 g/mol. The van der Waals surface area contributed by atoms with E-state index in [4.69, 9.17) is 0 Å². The third kappa shape index (κ3) is 3.71. The Morgan fingerprint density at radius 2 is 2.13 bits per heavy atom. The molecule has 1 rings (SSSR count). The van der Waals surface area contributed by atoms with Crippen LogP contribution in [-0.4, -0.2) is 16.5 Å². The maximum absolute atomic E-state index is 10.7. The van der Waals surface area contributed by atoms with Gasteiger partial charge in [-0.1, -0.05) is 18.2 Å². The lowest BCUT2D eigenvalue weighted by Gasteiger charge is -2.01. The molecule has 0 spiro atoms. The van der Waals surface area contributed by atoms with Crippen molar-refractivity contribution in [1.29, 1.82) is 0 Å². The number of rotatable bonds is 5. The number of para-hydroxylation sites is 1. The fraction of sp³-hybridized carbons (Fsp3) is 0.300. The van der Waals surface area contributed by atoms with E-state index in [0.717, 1.165) is 0 Å². The van der Waals surface area contributed by atoms with Crippen molar-refractivity contribution >= 4 is 23.2 Å². The molecule has 0 aliphatic carbocycles. The standard InChI is InChI=1S/C10H11NO3S/c1-8(12)6-15-7-9-4-2-3-5-10(9)11(13)14/h2-5H,6-7H2,1H3. The van der Waals surface area contributed by atoms with Crippen LogP contribution in [0.4, 0.5) is 5.69 Å². The molecule has 0 aliphatic heterocycles. The SMILES string of the molecule is CC(=O)CSCc1ccccc1[N+](=O)[O-]. The predicted molar refractivity (Wildman–Crippen MR) is 59.9 cm³/mol. The number of nitrogens with zero attached hydrogens (tertiary/aromatic N) is 1. The molecule has 0 atom stereocenters. The van der Waals surface area contributed by atoms with Crippen LogP contribution in [0.25, 0.3) is 0 Å². The van der Waals surface area contributed by atoms with Gasteiger partial charge in [-0.05, 0) is 6.92 Å². The van der Waals surface area contributed by atoms with Crippen molar-refractivity contribution in [3.63, 3.8) is 0 Å². The Hall–Kier alpha value is -1.36. The minimum Gasteiger partial charge on any atom is -0.299 e. The molecule has 0 saturated heterocycles. The minimum atomic E-state index is -0.399. The van der Waals surface area contributed by atoms with Crippen LogP contribution in [0.3, 0.4) is 0 Å². The highest BCUT2D eigenvalue weighted by molar-refractivity contribution is 7.99. The van der Waals surface area contributed by atoms with E-state index in [1.165, 1.54) is 24.8 Å². The van der Waals surface area contributed by atoms with E-state index in [0.29, 0.717) is 17.1 Å². The molecule has 0 heterocycles. The van der Waals surface area contributed by atoms with Gasteiger partial charge in [0, 0.05) is 17.4 Å². The molecule has 5 heteroatoms. The van der Waals surface area contributed by atoms with Crippen LogP contribution < -0.4 is 0 Å². The molecule has 15 heavy (non-hydrogen) atoms. The molecule has 0 bridgehead atoms. The Bertz CT molecular complexity index is 379. The molecular formula is C10H11NO3S. The van der Waals surface area contributed by atoms with E-state index < -0.39 is 4.92 Å². The van der Waals surface area contributed by atoms with Crippen LogP contribution in [-0.2, 0) is 10.5 Å². The summed E-state index contributed by atoms with van der Waals surface area (Å²) in [6.07, 6.45) is 0. The summed E-state index contributed by atoms with van der Waals surface area (Å²) < 4.78 is 0. The Kier molecular flexibility index (Phi) is 4.30. The van der Waals surface area contributed by atoms with Gasteiger partial charge >= 0.3 is 0 Å². The van der Waals surface area contributed by atoms with Gasteiger partial charge in [-0.2, -0.15) is 0 Å². The molecule has 1 aromatic rings. The van der Waals surface area contributed by atoms with Crippen molar-refractivity contribution in [2.24, 2.45) is 0 Å². The van der Waals surface area contributed by atoms with Crippen molar-refractivity contribution < 1.29 is 9.72 Å². The average Bonchev–Trinajstić information content (AvgIpc) is 2.17. The third-order valence-corrected chi connectivity index (χ3v) is 2.88. The third-order valence-electron chi connectivity index (χ3n) is 1.75. The van der Waals surface area contributed by atoms with Crippen molar-refractivity contribution in [3.05, 3.63) is 39.9 Å². The lowest BCUT2D eigenvalue weighted by atomic mass is 10.2. The van der Waals surface area contributed by atoms with Crippen LogP contribution in [0.5, 0.6) is 0 Å². The Balaban J connectivity index is 2.67. The molecule has 4 nitrogen and oxygen atoms in total. The number of hydrogen-bond acceptors (Lipinski definition) is 4.